The number of rotatable bonds is 3. The van der Waals surface area contributed by atoms with Crippen LogP contribution >= 0.6 is 0 Å². The van der Waals surface area contributed by atoms with Gasteiger partial charge in [-0.05, 0) is 42.8 Å². The Morgan fingerprint density at radius 2 is 2.00 bits per heavy atom. The number of nitrogens with zero attached hydrogens (tertiary/aromatic N) is 1. The van der Waals surface area contributed by atoms with Gasteiger partial charge >= 0.3 is 10.5 Å². The van der Waals surface area contributed by atoms with E-state index in [2.05, 4.69) is 9.17 Å². The third-order valence-electron chi connectivity index (χ3n) is 2.32. The first-order chi connectivity index (χ1) is 8.46. The van der Waals surface area contributed by atoms with Gasteiger partial charge in [-0.15, -0.1) is 0 Å². The summed E-state index contributed by atoms with van der Waals surface area (Å²) in [4.78, 5) is 4.16. The fourth-order valence-corrected chi connectivity index (χ4v) is 1.94. The van der Waals surface area contributed by atoms with Crippen molar-refractivity contribution in [2.45, 2.75) is 6.92 Å². The molecule has 0 aliphatic heterocycles. The van der Waals surface area contributed by atoms with E-state index in [0.29, 0.717) is 5.56 Å². The van der Waals surface area contributed by atoms with Crippen LogP contribution in [0.25, 0.3) is 11.3 Å². The lowest BCUT2D eigenvalue weighted by atomic mass is 10.1. The molecule has 0 N–H and O–H groups in total. The SMILES string of the molecule is Cc1cc(-c2ccccn2)ccc1OS(=O)(=O)F. The minimum atomic E-state index is -4.99. The second kappa shape index (κ2) is 4.73. The van der Waals surface area contributed by atoms with Crippen LogP contribution in [0.4, 0.5) is 3.89 Å². The zero-order valence-corrected chi connectivity index (χ0v) is 10.3. The van der Waals surface area contributed by atoms with Crippen LogP contribution in [-0.4, -0.2) is 13.4 Å². The van der Waals surface area contributed by atoms with Gasteiger partial charge in [-0.2, -0.15) is 8.42 Å². The van der Waals surface area contributed by atoms with Gasteiger partial charge in [-0.3, -0.25) is 4.98 Å². The highest BCUT2D eigenvalue weighted by Gasteiger charge is 2.12. The van der Waals surface area contributed by atoms with E-state index in [9.17, 15) is 12.3 Å². The normalized spacial score (nSPS) is 11.2. The molecule has 18 heavy (non-hydrogen) atoms. The van der Waals surface area contributed by atoms with Crippen molar-refractivity contribution in [1.82, 2.24) is 4.98 Å². The quantitative estimate of drug-likeness (QED) is 0.802. The molecule has 0 amide bonds. The van der Waals surface area contributed by atoms with Crippen molar-refractivity contribution in [3.8, 4) is 17.0 Å². The Hall–Kier alpha value is -1.95. The average Bonchev–Trinajstić information content (AvgIpc) is 2.31. The summed E-state index contributed by atoms with van der Waals surface area (Å²) in [5.41, 5.74) is 2.06. The Kier molecular flexibility index (Phi) is 3.29. The summed E-state index contributed by atoms with van der Waals surface area (Å²) in [6, 6.07) is 10.2. The fourth-order valence-electron chi connectivity index (χ4n) is 1.54. The molecule has 0 aliphatic carbocycles. The maximum Gasteiger partial charge on any atom is 0.488 e. The second-order valence-corrected chi connectivity index (χ2v) is 4.62. The molecule has 1 heterocycles. The van der Waals surface area contributed by atoms with E-state index >= 15 is 0 Å². The van der Waals surface area contributed by atoms with E-state index in [1.165, 1.54) is 6.07 Å². The van der Waals surface area contributed by atoms with E-state index in [0.717, 1.165) is 11.3 Å². The minimum absolute atomic E-state index is 0.0304. The summed E-state index contributed by atoms with van der Waals surface area (Å²) in [5.74, 6) is -0.0304. The zero-order valence-electron chi connectivity index (χ0n) is 9.50. The highest BCUT2D eigenvalue weighted by Crippen LogP contribution is 2.26. The van der Waals surface area contributed by atoms with Crippen LogP contribution in [0.3, 0.4) is 0 Å². The molecule has 0 unspecified atom stereocenters. The van der Waals surface area contributed by atoms with Gasteiger partial charge in [0.05, 0.1) is 5.69 Å². The van der Waals surface area contributed by atoms with Crippen LogP contribution < -0.4 is 4.18 Å². The van der Waals surface area contributed by atoms with Crippen molar-refractivity contribution in [1.29, 1.82) is 0 Å². The summed E-state index contributed by atoms with van der Waals surface area (Å²) in [6.07, 6.45) is 1.65. The van der Waals surface area contributed by atoms with Crippen LogP contribution in [0.1, 0.15) is 5.56 Å². The van der Waals surface area contributed by atoms with Crippen molar-refractivity contribution in [2.75, 3.05) is 0 Å². The molecule has 4 nitrogen and oxygen atoms in total. The van der Waals surface area contributed by atoms with E-state index in [-0.39, 0.29) is 5.75 Å². The minimum Gasteiger partial charge on any atom is -0.358 e. The summed E-state index contributed by atoms with van der Waals surface area (Å²) in [7, 11) is -4.99. The Morgan fingerprint density at radius 1 is 1.22 bits per heavy atom. The number of hydrogen-bond donors (Lipinski definition) is 0. The Balaban J connectivity index is 2.37. The lowest BCUT2D eigenvalue weighted by Crippen LogP contribution is -2.02. The Morgan fingerprint density at radius 3 is 2.56 bits per heavy atom. The maximum atomic E-state index is 12.4. The van der Waals surface area contributed by atoms with E-state index in [1.54, 1.807) is 31.3 Å². The molecule has 0 bridgehead atoms. The van der Waals surface area contributed by atoms with Gasteiger partial charge in [-0.1, -0.05) is 9.95 Å². The predicted molar refractivity (Wildman–Crippen MR) is 65.1 cm³/mol. The first-order valence-electron chi connectivity index (χ1n) is 5.12. The third-order valence-corrected chi connectivity index (χ3v) is 2.70. The predicted octanol–water partition coefficient (Wildman–Crippen LogP) is 2.65. The van der Waals surface area contributed by atoms with Crippen molar-refractivity contribution in [3.05, 3.63) is 48.2 Å². The van der Waals surface area contributed by atoms with Gasteiger partial charge < -0.3 is 4.18 Å². The smallest absolute Gasteiger partial charge is 0.358 e. The highest BCUT2D eigenvalue weighted by atomic mass is 32.3. The van der Waals surface area contributed by atoms with E-state index in [4.69, 9.17) is 0 Å². The van der Waals surface area contributed by atoms with E-state index in [1.807, 2.05) is 12.1 Å². The standard InChI is InChI=1S/C12H10FNO3S/c1-9-8-10(11-4-2-3-7-14-11)5-6-12(9)17-18(13,15)16/h2-8H,1H3. The third kappa shape index (κ3) is 3.04. The first kappa shape index (κ1) is 12.5. The largest absolute Gasteiger partial charge is 0.488 e. The topological polar surface area (TPSA) is 56.3 Å². The summed E-state index contributed by atoms with van der Waals surface area (Å²) >= 11 is 0. The van der Waals surface area contributed by atoms with Crippen molar-refractivity contribution in [3.63, 3.8) is 0 Å². The number of halogens is 1. The van der Waals surface area contributed by atoms with Crippen LogP contribution in [0.15, 0.2) is 42.6 Å². The molecule has 94 valence electrons. The first-order valence-corrected chi connectivity index (χ1v) is 6.43. The van der Waals surface area contributed by atoms with Gasteiger partial charge in [-0.25, -0.2) is 0 Å². The monoisotopic (exact) mass is 267 g/mol. The van der Waals surface area contributed by atoms with Gasteiger partial charge in [0, 0.05) is 11.8 Å². The molecule has 0 aliphatic rings. The lowest BCUT2D eigenvalue weighted by Gasteiger charge is -2.06. The van der Waals surface area contributed by atoms with Gasteiger partial charge in [0.15, 0.2) is 0 Å². The molecule has 0 saturated heterocycles. The summed E-state index contributed by atoms with van der Waals surface area (Å²) in [5, 5.41) is 0. The number of hydrogen-bond acceptors (Lipinski definition) is 4. The number of benzene rings is 1. The Labute approximate surface area is 104 Å². The molecule has 0 radical (unpaired) electrons. The molecule has 2 aromatic rings. The molecule has 6 heteroatoms. The Bertz CT molecular complexity index is 656. The molecule has 2 rings (SSSR count). The second-order valence-electron chi connectivity index (χ2n) is 3.67. The van der Waals surface area contributed by atoms with Crippen molar-refractivity contribution in [2.24, 2.45) is 0 Å². The van der Waals surface area contributed by atoms with E-state index < -0.39 is 10.5 Å². The highest BCUT2D eigenvalue weighted by molar-refractivity contribution is 7.81. The van der Waals surface area contributed by atoms with Crippen LogP contribution in [0.5, 0.6) is 5.75 Å². The fraction of sp³-hybridized carbons (Fsp3) is 0.0833. The molecule has 0 saturated carbocycles. The number of pyridine rings is 1. The van der Waals surface area contributed by atoms with Crippen molar-refractivity contribution >= 4 is 10.5 Å². The molecule has 1 aromatic heterocycles. The molecular formula is C12H10FNO3S. The van der Waals surface area contributed by atoms with Gasteiger partial charge in [0.1, 0.15) is 5.75 Å². The number of aryl methyl sites for hydroxylation is 1. The van der Waals surface area contributed by atoms with Crippen LogP contribution in [-0.2, 0) is 10.5 Å². The molecular weight excluding hydrogens is 257 g/mol. The molecule has 0 atom stereocenters. The molecule has 0 fully saturated rings. The van der Waals surface area contributed by atoms with Gasteiger partial charge in [0.25, 0.3) is 0 Å². The van der Waals surface area contributed by atoms with Crippen LogP contribution in [0.2, 0.25) is 0 Å². The van der Waals surface area contributed by atoms with Gasteiger partial charge in [0.2, 0.25) is 0 Å². The number of aromatic nitrogens is 1. The van der Waals surface area contributed by atoms with Crippen LogP contribution in [0, 0.1) is 6.92 Å². The van der Waals surface area contributed by atoms with Crippen molar-refractivity contribution < 1.29 is 16.5 Å². The summed E-state index contributed by atoms with van der Waals surface area (Å²) < 4.78 is 37.4. The maximum absolute atomic E-state index is 12.4. The lowest BCUT2D eigenvalue weighted by molar-refractivity contribution is 0.438. The average molecular weight is 267 g/mol. The zero-order chi connectivity index (χ0) is 13.2. The summed E-state index contributed by atoms with van der Waals surface area (Å²) in [6.45, 7) is 1.63. The molecule has 0 spiro atoms. The molecule has 1 aromatic carbocycles.